The monoisotopic (exact) mass is 864 g/mol. The van der Waals surface area contributed by atoms with Crippen LogP contribution in [0.2, 0.25) is 0 Å². The van der Waals surface area contributed by atoms with Crippen LogP contribution in [0.15, 0.2) is 30.3 Å². The minimum Gasteiger partial charge on any atom is -0.438 e. The van der Waals surface area contributed by atoms with Crippen molar-refractivity contribution in [3.05, 3.63) is 41.5 Å². The van der Waals surface area contributed by atoms with Crippen LogP contribution in [0.25, 0.3) is 5.57 Å². The van der Waals surface area contributed by atoms with Gasteiger partial charge in [0.1, 0.15) is 12.1 Å². The Labute approximate surface area is 342 Å². The van der Waals surface area contributed by atoms with Crippen molar-refractivity contribution in [1.82, 2.24) is 15.5 Å². The number of hydrogen-bond acceptors (Lipinski definition) is 11. The zero-order valence-electron chi connectivity index (χ0n) is 35.0. The largest absolute Gasteiger partial charge is 0.438 e. The highest BCUT2D eigenvalue weighted by Crippen LogP contribution is 2.67. The topological polar surface area (TPSA) is 210 Å². The molecule has 332 valence electrons. The lowest BCUT2D eigenvalue weighted by Gasteiger charge is -2.29. The van der Waals surface area contributed by atoms with Crippen LogP contribution in [0, 0.1) is 10.8 Å². The molecule has 3 unspecified atom stereocenters. The van der Waals surface area contributed by atoms with Crippen LogP contribution in [0.3, 0.4) is 0 Å². The Balaban J connectivity index is 2.30. The number of hydrogen-bond donors (Lipinski definition) is 3. The second-order valence-corrected chi connectivity index (χ2v) is 18.5. The second-order valence-electron chi connectivity index (χ2n) is 16.5. The number of nitrogens with zero attached hydrogens (tertiary/aromatic N) is 1. The molecule has 4 amide bonds. The lowest BCUT2D eigenvalue weighted by molar-refractivity contribution is -0.163. The van der Waals surface area contributed by atoms with E-state index in [1.165, 1.54) is 60.6 Å². The fraction of sp³-hybridized carbons (Fsp3) is 0.641. The Morgan fingerprint density at radius 1 is 0.932 bits per heavy atom. The van der Waals surface area contributed by atoms with E-state index in [1.54, 1.807) is 6.92 Å². The molecule has 0 spiro atoms. The van der Waals surface area contributed by atoms with Gasteiger partial charge in [-0.05, 0) is 79.4 Å². The van der Waals surface area contributed by atoms with Gasteiger partial charge in [0.15, 0.2) is 0 Å². The third-order valence-corrected chi connectivity index (χ3v) is 10.8. The van der Waals surface area contributed by atoms with E-state index in [-0.39, 0.29) is 30.4 Å². The number of alkyl halides is 4. The first-order chi connectivity index (χ1) is 27.0. The highest BCUT2D eigenvalue weighted by molar-refractivity contribution is 7.54. The third-order valence-electron chi connectivity index (χ3n) is 8.96. The Hall–Kier alpha value is -4.35. The van der Waals surface area contributed by atoms with Crippen LogP contribution in [0.4, 0.5) is 17.6 Å². The van der Waals surface area contributed by atoms with Gasteiger partial charge in [0, 0.05) is 30.5 Å². The molecule has 0 radical (unpaired) electrons. The molecule has 1 aromatic rings. The number of unbranched alkanes of at least 4 members (excludes halogenated alkanes) is 1. The lowest BCUT2D eigenvalue weighted by atomic mass is 9.98. The lowest BCUT2D eigenvalue weighted by Crippen LogP contribution is -2.54. The number of halogens is 4. The predicted octanol–water partition coefficient (Wildman–Crippen LogP) is 6.14. The van der Waals surface area contributed by atoms with Crippen molar-refractivity contribution in [1.29, 1.82) is 0 Å². The molecule has 15 nitrogen and oxygen atoms in total. The Bertz CT molecular complexity index is 1730. The number of nitrogens with two attached hydrogens (primary N) is 1. The maximum absolute atomic E-state index is 16.0. The molecular weight excluding hydrogens is 807 g/mol. The van der Waals surface area contributed by atoms with E-state index in [2.05, 4.69) is 10.6 Å². The average Bonchev–Trinajstić information content (AvgIpc) is 3.46. The molecule has 3 atom stereocenters. The fourth-order valence-corrected chi connectivity index (χ4v) is 6.68. The SMILES string of the molecule is CCCCC(NC(=O)/C=C(\C)c1ccc(C(F)(F)P(=O)(OCOC(=O)C(C)(C)C)OCOC(=O)C(C)(C)C)cc1)C(=O)N1CC(F)(F)CC1C(=O)NC(C)CCC(N)=O. The number of primary amides is 1. The van der Waals surface area contributed by atoms with Crippen molar-refractivity contribution < 1.29 is 69.4 Å². The summed E-state index contributed by atoms with van der Waals surface area (Å²) >= 11 is 0. The van der Waals surface area contributed by atoms with Crippen LogP contribution >= 0.6 is 7.60 Å². The van der Waals surface area contributed by atoms with Gasteiger partial charge in [-0.15, -0.1) is 0 Å². The highest BCUT2D eigenvalue weighted by atomic mass is 31.2. The number of amides is 4. The molecule has 1 fully saturated rings. The smallest absolute Gasteiger partial charge is 0.410 e. The Morgan fingerprint density at radius 3 is 1.93 bits per heavy atom. The predicted molar refractivity (Wildman–Crippen MR) is 207 cm³/mol. The number of carbonyl (C=O) groups is 6. The normalized spacial score (nSPS) is 17.1. The number of likely N-dealkylation sites (tertiary alicyclic amines) is 1. The molecule has 1 heterocycles. The number of allylic oxidation sites excluding steroid dienone is 1. The average molecular weight is 865 g/mol. The first-order valence-electron chi connectivity index (χ1n) is 19.0. The van der Waals surface area contributed by atoms with E-state index in [1.807, 2.05) is 6.92 Å². The minimum atomic E-state index is -5.59. The van der Waals surface area contributed by atoms with Crippen molar-refractivity contribution in [2.24, 2.45) is 16.6 Å². The number of benzene rings is 1. The summed E-state index contributed by atoms with van der Waals surface area (Å²) < 4.78 is 94.4. The van der Waals surface area contributed by atoms with Gasteiger partial charge in [-0.3, -0.25) is 42.4 Å². The molecule has 1 saturated heterocycles. The fourth-order valence-electron chi connectivity index (χ4n) is 5.43. The molecule has 1 aliphatic rings. The minimum absolute atomic E-state index is 0.0537. The van der Waals surface area contributed by atoms with Crippen molar-refractivity contribution in [3.63, 3.8) is 0 Å². The molecule has 1 aromatic carbocycles. The van der Waals surface area contributed by atoms with Crippen molar-refractivity contribution in [2.45, 2.75) is 131 Å². The molecule has 0 aliphatic carbocycles. The highest BCUT2D eigenvalue weighted by Gasteiger charge is 2.56. The standard InChI is InChI=1S/C39H57F4N4O11P/c1-10-11-12-28(33(51)47-21-38(40,41)20-29(47)32(50)45-25(3)13-18-30(44)48)46-31(49)19-24(2)26-14-16-27(17-15-26)39(42,43)59(54,57-22-55-34(52)36(4,5)6)58-23-56-35(53)37(7,8)9/h14-17,19,25,28-29H,10-13,18,20-23H2,1-9H3,(H2,44,48)(H,45,50)(H,46,49)/b24-19+. The summed E-state index contributed by atoms with van der Waals surface area (Å²) in [5.74, 6) is -8.27. The molecule has 0 bridgehead atoms. The first-order valence-corrected chi connectivity index (χ1v) is 20.6. The van der Waals surface area contributed by atoms with Crippen LogP contribution in [0.1, 0.15) is 112 Å². The molecule has 0 aromatic heterocycles. The quantitative estimate of drug-likeness (QED) is 0.0446. The van der Waals surface area contributed by atoms with Gasteiger partial charge < -0.3 is 30.7 Å². The van der Waals surface area contributed by atoms with Crippen LogP contribution in [0.5, 0.6) is 0 Å². The van der Waals surface area contributed by atoms with Crippen LogP contribution < -0.4 is 16.4 Å². The van der Waals surface area contributed by atoms with E-state index in [4.69, 9.17) is 24.3 Å². The van der Waals surface area contributed by atoms with Crippen molar-refractivity contribution >= 4 is 48.7 Å². The molecule has 59 heavy (non-hydrogen) atoms. The van der Waals surface area contributed by atoms with E-state index in [0.717, 1.165) is 23.1 Å². The first kappa shape index (κ1) is 50.8. The zero-order valence-corrected chi connectivity index (χ0v) is 35.9. The molecule has 4 N–H and O–H groups in total. The van der Waals surface area contributed by atoms with Crippen molar-refractivity contribution in [3.8, 4) is 0 Å². The molecule has 2 rings (SSSR count). The van der Waals surface area contributed by atoms with Crippen LogP contribution in [-0.2, 0) is 57.5 Å². The van der Waals surface area contributed by atoms with E-state index < -0.39 is 116 Å². The van der Waals surface area contributed by atoms with E-state index in [0.29, 0.717) is 12.8 Å². The molecule has 0 saturated carbocycles. The third kappa shape index (κ3) is 15.0. The van der Waals surface area contributed by atoms with Gasteiger partial charge in [0.05, 0.1) is 17.4 Å². The van der Waals surface area contributed by atoms with E-state index >= 15 is 8.78 Å². The maximum atomic E-state index is 16.0. The summed E-state index contributed by atoms with van der Waals surface area (Å²) in [6.45, 7) is 10.4. The summed E-state index contributed by atoms with van der Waals surface area (Å²) in [6, 6.07) is 0.652. The number of rotatable bonds is 20. The van der Waals surface area contributed by atoms with Gasteiger partial charge in [0.2, 0.25) is 37.2 Å². The van der Waals surface area contributed by atoms with Crippen LogP contribution in [-0.4, -0.2) is 84.6 Å². The summed E-state index contributed by atoms with van der Waals surface area (Å²) in [4.78, 5) is 76.2. The summed E-state index contributed by atoms with van der Waals surface area (Å²) in [5.41, 5.74) is -1.77. The van der Waals surface area contributed by atoms with Gasteiger partial charge in [-0.1, -0.05) is 44.0 Å². The maximum Gasteiger partial charge on any atom is 0.410 e. The number of esters is 2. The molecule has 20 heteroatoms. The van der Waals surface area contributed by atoms with Gasteiger partial charge >= 0.3 is 25.2 Å². The van der Waals surface area contributed by atoms with Gasteiger partial charge in [0.25, 0.3) is 5.92 Å². The Morgan fingerprint density at radius 2 is 1.46 bits per heavy atom. The van der Waals surface area contributed by atoms with E-state index in [9.17, 15) is 42.1 Å². The zero-order chi connectivity index (χ0) is 45.1. The number of carbonyl (C=O) groups excluding carboxylic acids is 6. The summed E-state index contributed by atoms with van der Waals surface area (Å²) in [7, 11) is -5.59. The summed E-state index contributed by atoms with van der Waals surface area (Å²) in [5, 5.41) is 5.06. The number of ether oxygens (including phenoxy) is 2. The molecule has 1 aliphatic heterocycles. The van der Waals surface area contributed by atoms with Gasteiger partial charge in [-0.25, -0.2) is 8.78 Å². The number of nitrogens with one attached hydrogen (secondary N) is 2. The van der Waals surface area contributed by atoms with Crippen molar-refractivity contribution in [2.75, 3.05) is 20.1 Å². The van der Waals surface area contributed by atoms with Gasteiger partial charge in [-0.2, -0.15) is 8.78 Å². The Kier molecular flexibility index (Phi) is 17.9. The second kappa shape index (κ2) is 20.8. The molecular formula is C39H57F4N4O11P. The summed E-state index contributed by atoms with van der Waals surface area (Å²) in [6.07, 6.45) is 1.26.